The molecule has 0 unspecified atom stereocenters. The number of rotatable bonds is 8. The van der Waals surface area contributed by atoms with Crippen LogP contribution < -0.4 is 16.2 Å². The van der Waals surface area contributed by atoms with Gasteiger partial charge in [-0.2, -0.15) is 13.2 Å². The Kier molecular flexibility index (Phi) is 8.77. The predicted octanol–water partition coefficient (Wildman–Crippen LogP) is 4.12. The van der Waals surface area contributed by atoms with Crippen molar-refractivity contribution in [3.63, 3.8) is 0 Å². The molecular weight excluding hydrogens is 613 g/mol. The van der Waals surface area contributed by atoms with Crippen LogP contribution in [0.15, 0.2) is 82.5 Å². The maximum Gasteiger partial charge on any atom is 0.446 e. The number of piperidine rings is 1. The summed E-state index contributed by atoms with van der Waals surface area (Å²) in [5, 5.41) is 4.85. The third-order valence-electron chi connectivity index (χ3n) is 7.18. The van der Waals surface area contributed by atoms with Crippen molar-refractivity contribution < 1.29 is 37.1 Å². The standard InChI is InChI=1S/C31H25F3N4O6S/c1-18-36-24-12-7-20(16-35-26(40)21-8-10-22(11-9-21)45-31(32,33)34)15-23(24)27(41)38(18)30(14-13-25(39)37-28(30)42)29(43)44-17-19-5-3-2-4-6-19/h2-12,15H,13-14,16-17H2,1H3,(H,35,40)(H,37,39,42)/t30-/m1/s1. The molecule has 232 valence electrons. The van der Waals surface area contributed by atoms with E-state index in [4.69, 9.17) is 4.74 Å². The Hall–Kier alpha value is -4.98. The minimum atomic E-state index is -4.45. The third-order valence-corrected chi connectivity index (χ3v) is 7.92. The molecule has 0 spiro atoms. The zero-order chi connectivity index (χ0) is 32.4. The van der Waals surface area contributed by atoms with Crippen molar-refractivity contribution in [2.45, 2.75) is 48.9 Å². The van der Waals surface area contributed by atoms with E-state index in [1.807, 2.05) is 0 Å². The molecule has 3 aromatic carbocycles. The Bertz CT molecular complexity index is 1860. The van der Waals surface area contributed by atoms with Crippen LogP contribution in [0.2, 0.25) is 0 Å². The zero-order valence-electron chi connectivity index (χ0n) is 23.6. The summed E-state index contributed by atoms with van der Waals surface area (Å²) >= 11 is -0.291. The van der Waals surface area contributed by atoms with Gasteiger partial charge >= 0.3 is 11.5 Å². The molecule has 0 saturated carbocycles. The first-order valence-electron chi connectivity index (χ1n) is 13.6. The number of hydrogen-bond acceptors (Lipinski definition) is 8. The largest absolute Gasteiger partial charge is 0.459 e. The molecule has 1 atom stereocenters. The highest BCUT2D eigenvalue weighted by Gasteiger charge is 2.54. The Balaban J connectivity index is 1.43. The molecule has 0 aliphatic carbocycles. The third kappa shape index (κ3) is 6.75. The summed E-state index contributed by atoms with van der Waals surface area (Å²) in [6, 6.07) is 18.3. The minimum absolute atomic E-state index is 0.0424. The van der Waals surface area contributed by atoms with Crippen molar-refractivity contribution >= 4 is 46.4 Å². The summed E-state index contributed by atoms with van der Waals surface area (Å²) in [4.78, 5) is 70.1. The Morgan fingerprint density at radius 2 is 1.73 bits per heavy atom. The van der Waals surface area contributed by atoms with Gasteiger partial charge in [0.25, 0.3) is 17.4 Å². The molecule has 10 nitrogen and oxygen atoms in total. The molecule has 1 saturated heterocycles. The first-order valence-corrected chi connectivity index (χ1v) is 14.4. The van der Waals surface area contributed by atoms with Crippen LogP contribution in [0, 0.1) is 6.92 Å². The summed E-state index contributed by atoms with van der Waals surface area (Å²) < 4.78 is 44.2. The van der Waals surface area contributed by atoms with Crippen LogP contribution in [0.1, 0.15) is 40.2 Å². The number of ether oxygens (including phenoxy) is 1. The molecule has 4 aromatic rings. The van der Waals surface area contributed by atoms with E-state index in [-0.39, 0.29) is 64.9 Å². The van der Waals surface area contributed by atoms with Gasteiger partial charge in [0.15, 0.2) is 0 Å². The number of aryl methyl sites for hydroxylation is 1. The van der Waals surface area contributed by atoms with Crippen LogP contribution in [0.5, 0.6) is 0 Å². The number of carbonyl (C=O) groups excluding carboxylic acids is 4. The van der Waals surface area contributed by atoms with E-state index in [2.05, 4.69) is 15.6 Å². The van der Waals surface area contributed by atoms with E-state index in [0.717, 1.165) is 4.57 Å². The van der Waals surface area contributed by atoms with Crippen LogP contribution in [-0.2, 0) is 37.8 Å². The van der Waals surface area contributed by atoms with E-state index in [1.165, 1.54) is 37.3 Å². The highest BCUT2D eigenvalue weighted by atomic mass is 32.2. The van der Waals surface area contributed by atoms with Crippen LogP contribution in [-0.4, -0.2) is 38.8 Å². The van der Waals surface area contributed by atoms with Crippen molar-refractivity contribution in [1.29, 1.82) is 0 Å². The van der Waals surface area contributed by atoms with Crippen LogP contribution in [0.4, 0.5) is 13.2 Å². The number of imide groups is 1. The van der Waals surface area contributed by atoms with Crippen molar-refractivity contribution in [3.05, 3.63) is 106 Å². The second-order valence-corrected chi connectivity index (χ2v) is 11.3. The number of halogens is 3. The maximum absolute atomic E-state index is 14.0. The van der Waals surface area contributed by atoms with E-state index in [0.29, 0.717) is 11.1 Å². The number of aromatic nitrogens is 2. The van der Waals surface area contributed by atoms with E-state index < -0.39 is 40.3 Å². The number of benzene rings is 3. The minimum Gasteiger partial charge on any atom is -0.459 e. The number of amides is 3. The number of fused-ring (bicyclic) bond motifs is 1. The van der Waals surface area contributed by atoms with Crippen molar-refractivity contribution in [3.8, 4) is 0 Å². The second-order valence-electron chi connectivity index (χ2n) is 10.2. The number of hydrogen-bond donors (Lipinski definition) is 2. The summed E-state index contributed by atoms with van der Waals surface area (Å²) in [6.07, 6.45) is -0.548. The number of alkyl halides is 3. The molecule has 45 heavy (non-hydrogen) atoms. The normalized spacial score (nSPS) is 16.7. The number of nitrogens with one attached hydrogen (secondary N) is 2. The number of carbonyl (C=O) groups is 4. The summed E-state index contributed by atoms with van der Waals surface area (Å²) in [6.45, 7) is 1.23. The average molecular weight is 639 g/mol. The lowest BCUT2D eigenvalue weighted by Crippen LogP contribution is -2.62. The van der Waals surface area contributed by atoms with Gasteiger partial charge in [-0.25, -0.2) is 9.78 Å². The lowest BCUT2D eigenvalue weighted by molar-refractivity contribution is -0.164. The van der Waals surface area contributed by atoms with Gasteiger partial charge in [0.1, 0.15) is 12.4 Å². The number of nitrogens with zero attached hydrogens (tertiary/aromatic N) is 2. The predicted molar refractivity (Wildman–Crippen MR) is 157 cm³/mol. The molecule has 1 aromatic heterocycles. The molecule has 1 fully saturated rings. The van der Waals surface area contributed by atoms with Gasteiger partial charge < -0.3 is 10.1 Å². The van der Waals surface area contributed by atoms with Crippen molar-refractivity contribution in [2.24, 2.45) is 0 Å². The molecule has 2 N–H and O–H groups in total. The highest BCUT2D eigenvalue weighted by molar-refractivity contribution is 8.00. The fourth-order valence-corrected chi connectivity index (χ4v) is 5.58. The maximum atomic E-state index is 14.0. The first-order chi connectivity index (χ1) is 21.4. The lowest BCUT2D eigenvalue weighted by atomic mass is 9.87. The van der Waals surface area contributed by atoms with Crippen LogP contribution in [0.3, 0.4) is 0 Å². The summed E-state index contributed by atoms with van der Waals surface area (Å²) in [5.74, 6) is -3.14. The Morgan fingerprint density at radius 3 is 2.40 bits per heavy atom. The number of esters is 1. The Labute approximate surface area is 258 Å². The molecule has 3 amide bonds. The molecule has 2 heterocycles. The lowest BCUT2D eigenvalue weighted by Gasteiger charge is -2.35. The van der Waals surface area contributed by atoms with Crippen LogP contribution >= 0.6 is 11.8 Å². The van der Waals surface area contributed by atoms with Gasteiger partial charge in [0.05, 0.1) is 10.9 Å². The monoisotopic (exact) mass is 638 g/mol. The van der Waals surface area contributed by atoms with Crippen molar-refractivity contribution in [1.82, 2.24) is 20.2 Å². The second kappa shape index (κ2) is 12.6. The fourth-order valence-electron chi connectivity index (χ4n) is 5.04. The zero-order valence-corrected chi connectivity index (χ0v) is 24.5. The van der Waals surface area contributed by atoms with Crippen molar-refractivity contribution in [2.75, 3.05) is 0 Å². The van der Waals surface area contributed by atoms with Gasteiger partial charge in [-0.3, -0.25) is 29.1 Å². The average Bonchev–Trinajstić information content (AvgIpc) is 3.00. The van der Waals surface area contributed by atoms with Gasteiger partial charge in [-0.1, -0.05) is 36.4 Å². The SMILES string of the molecule is Cc1nc2ccc(CNC(=O)c3ccc(SC(F)(F)F)cc3)cc2c(=O)n1[C@]1(C(=O)OCc2ccccc2)CCC(=O)NC1=O. The molecule has 1 aliphatic heterocycles. The van der Waals surface area contributed by atoms with Gasteiger partial charge in [-0.15, -0.1) is 0 Å². The quantitative estimate of drug-likeness (QED) is 0.127. The molecule has 0 radical (unpaired) electrons. The summed E-state index contributed by atoms with van der Waals surface area (Å²) in [7, 11) is 0. The van der Waals surface area contributed by atoms with Crippen LogP contribution in [0.25, 0.3) is 10.9 Å². The number of thioether (sulfide) groups is 1. The summed E-state index contributed by atoms with van der Waals surface area (Å²) in [5.41, 5.74) is -5.87. The van der Waals surface area contributed by atoms with Gasteiger partial charge in [-0.05, 0) is 72.6 Å². The smallest absolute Gasteiger partial charge is 0.446 e. The van der Waals surface area contributed by atoms with E-state index >= 15 is 0 Å². The Morgan fingerprint density at radius 1 is 1.02 bits per heavy atom. The van der Waals surface area contributed by atoms with Gasteiger partial charge in [0.2, 0.25) is 11.4 Å². The van der Waals surface area contributed by atoms with Gasteiger partial charge in [0, 0.05) is 23.4 Å². The topological polar surface area (TPSA) is 136 Å². The molecule has 0 bridgehead atoms. The fraction of sp³-hybridized carbons (Fsp3) is 0.226. The van der Waals surface area contributed by atoms with E-state index in [1.54, 1.807) is 42.5 Å². The molecule has 5 rings (SSSR count). The first kappa shape index (κ1) is 31.4. The molecule has 14 heteroatoms. The molecule has 1 aliphatic rings. The highest BCUT2D eigenvalue weighted by Crippen LogP contribution is 2.36. The molecular formula is C31H25F3N4O6S. The van der Waals surface area contributed by atoms with E-state index in [9.17, 15) is 37.1 Å².